The third-order valence-electron chi connectivity index (χ3n) is 11.4. The van der Waals surface area contributed by atoms with Crippen molar-refractivity contribution in [3.05, 3.63) is 23.8 Å². The van der Waals surface area contributed by atoms with Gasteiger partial charge in [-0.05, 0) is 87.0 Å². The maximum Gasteiger partial charge on any atom is 0.331 e. The van der Waals surface area contributed by atoms with Crippen molar-refractivity contribution in [1.29, 1.82) is 0 Å². The van der Waals surface area contributed by atoms with Crippen molar-refractivity contribution in [2.45, 2.75) is 108 Å². The summed E-state index contributed by atoms with van der Waals surface area (Å²) in [7, 11) is 0. The number of carbonyl (C=O) groups excluding carboxylic acids is 1. The molecule has 4 aliphatic carbocycles. The Morgan fingerprint density at radius 1 is 1.03 bits per heavy atom. The molecule has 4 saturated carbocycles. The minimum absolute atomic E-state index is 0.0441. The van der Waals surface area contributed by atoms with Crippen LogP contribution in [0.15, 0.2) is 23.8 Å². The van der Waals surface area contributed by atoms with E-state index in [0.29, 0.717) is 18.4 Å². The molecule has 1 saturated heterocycles. The predicted octanol–water partition coefficient (Wildman–Crippen LogP) is 2.23. The molecule has 6 rings (SSSR count). The van der Waals surface area contributed by atoms with Gasteiger partial charge in [0.05, 0.1) is 17.8 Å². The first-order valence-corrected chi connectivity index (χ1v) is 14.2. The van der Waals surface area contributed by atoms with Crippen LogP contribution >= 0.6 is 0 Å². The van der Waals surface area contributed by atoms with E-state index in [0.717, 1.165) is 62.5 Å². The lowest BCUT2D eigenvalue weighted by molar-refractivity contribution is -0.309. The van der Waals surface area contributed by atoms with Gasteiger partial charge in [-0.25, -0.2) is 4.79 Å². The van der Waals surface area contributed by atoms with Gasteiger partial charge >= 0.3 is 5.97 Å². The highest BCUT2D eigenvalue weighted by Gasteiger charge is 2.64. The van der Waals surface area contributed by atoms with Crippen LogP contribution in [0.5, 0.6) is 0 Å². The van der Waals surface area contributed by atoms with Crippen molar-refractivity contribution in [3.8, 4) is 0 Å². The largest absolute Gasteiger partial charge is 0.458 e. The lowest BCUT2D eigenvalue weighted by atomic mass is 9.51. The molecule has 0 unspecified atom stereocenters. The fourth-order valence-electron chi connectivity index (χ4n) is 9.19. The molecule has 2 heterocycles. The number of rotatable bonds is 3. The number of fused-ring (bicyclic) bond motifs is 5. The molecule has 8 nitrogen and oxygen atoms in total. The maximum atomic E-state index is 12.1. The minimum Gasteiger partial charge on any atom is -0.458 e. The fourth-order valence-corrected chi connectivity index (χ4v) is 9.19. The van der Waals surface area contributed by atoms with Gasteiger partial charge < -0.3 is 34.6 Å². The van der Waals surface area contributed by atoms with Crippen molar-refractivity contribution >= 4 is 5.97 Å². The SMILES string of the molecule is C=C1[C@@H](C2=CC(=O)OC2)CC[C@]2(O)[C@@H]3CC[C@@H]4C[C@@H](O[C@@H]5O[C@@H](C)[C@H](O)[C@@H](O)[C@H]5O)CC[C@]4(C)[C@H]3C[C@@H]12. The van der Waals surface area contributed by atoms with Gasteiger partial charge in [0, 0.05) is 17.9 Å². The smallest absolute Gasteiger partial charge is 0.331 e. The number of cyclic esters (lactones) is 1. The average molecular weight is 519 g/mol. The van der Waals surface area contributed by atoms with Crippen molar-refractivity contribution in [1.82, 2.24) is 0 Å². The van der Waals surface area contributed by atoms with Crippen molar-refractivity contribution in [3.63, 3.8) is 0 Å². The summed E-state index contributed by atoms with van der Waals surface area (Å²) in [4.78, 5) is 11.7. The number of esters is 1. The van der Waals surface area contributed by atoms with Crippen LogP contribution in [0.1, 0.15) is 65.2 Å². The Hall–Kier alpha value is -1.29. The first-order chi connectivity index (χ1) is 17.5. The monoisotopic (exact) mass is 518 g/mol. The van der Waals surface area contributed by atoms with Crippen LogP contribution < -0.4 is 0 Å². The number of hydrogen-bond acceptors (Lipinski definition) is 8. The molecule has 0 aromatic carbocycles. The number of carbonyl (C=O) groups is 1. The summed E-state index contributed by atoms with van der Waals surface area (Å²) in [5.74, 6) is 0.985. The molecule has 4 N–H and O–H groups in total. The zero-order valence-electron chi connectivity index (χ0n) is 21.9. The molecule has 0 radical (unpaired) electrons. The molecule has 0 spiro atoms. The first kappa shape index (κ1) is 26.0. The van der Waals surface area contributed by atoms with E-state index in [1.54, 1.807) is 13.0 Å². The van der Waals surface area contributed by atoms with Crippen LogP contribution in [0.25, 0.3) is 0 Å². The molecule has 0 bridgehead atoms. The normalized spacial score (nSPS) is 53.7. The molecule has 0 amide bonds. The Labute approximate surface area is 218 Å². The summed E-state index contributed by atoms with van der Waals surface area (Å²) >= 11 is 0. The van der Waals surface area contributed by atoms with Gasteiger partial charge in [-0.1, -0.05) is 19.1 Å². The molecule has 6 aliphatic rings. The van der Waals surface area contributed by atoms with Crippen LogP contribution in [-0.2, 0) is 19.0 Å². The van der Waals surface area contributed by atoms with Gasteiger partial charge in [0.25, 0.3) is 0 Å². The highest BCUT2D eigenvalue weighted by Crippen LogP contribution is 2.67. The number of aliphatic hydroxyl groups is 4. The molecule has 8 heteroatoms. The summed E-state index contributed by atoms with van der Waals surface area (Å²) in [6, 6.07) is 0. The summed E-state index contributed by atoms with van der Waals surface area (Å²) in [6.07, 6.45) is 3.43. The maximum absolute atomic E-state index is 12.1. The Morgan fingerprint density at radius 2 is 1.81 bits per heavy atom. The number of ether oxygens (including phenoxy) is 3. The fraction of sp³-hybridized carbons (Fsp3) is 0.828. The second-order valence-corrected chi connectivity index (χ2v) is 13.0. The standard InChI is InChI=1S/C29H42O8/c1-14-19(16-10-23(30)35-13-16)7-9-29(34)20-5-4-17-11-18(6-8-28(17,3)22(20)12-21(14)29)37-27-26(33)25(32)24(31)15(2)36-27/h10,15,17-22,24-27,31-34H,1,4-9,11-13H2,2-3H3/t15-,17+,18-,19-,20+,21-,22-,24-,25+,26+,27-,28-,29-/m0/s1. The summed E-state index contributed by atoms with van der Waals surface area (Å²) in [5, 5.41) is 42.7. The van der Waals surface area contributed by atoms with Gasteiger partial charge in [-0.2, -0.15) is 0 Å². The lowest BCUT2D eigenvalue weighted by Gasteiger charge is -2.55. The molecular weight excluding hydrogens is 476 g/mol. The van der Waals surface area contributed by atoms with E-state index in [4.69, 9.17) is 14.2 Å². The highest BCUT2D eigenvalue weighted by molar-refractivity contribution is 5.85. The van der Waals surface area contributed by atoms with Gasteiger partial charge in [-0.15, -0.1) is 0 Å². The topological polar surface area (TPSA) is 126 Å². The van der Waals surface area contributed by atoms with Gasteiger partial charge in [-0.3, -0.25) is 0 Å². The van der Waals surface area contributed by atoms with Crippen LogP contribution in [0, 0.1) is 35.0 Å². The van der Waals surface area contributed by atoms with E-state index in [2.05, 4.69) is 13.5 Å². The third kappa shape index (κ3) is 3.97. The highest BCUT2D eigenvalue weighted by atomic mass is 16.7. The first-order valence-electron chi connectivity index (χ1n) is 14.2. The quantitative estimate of drug-likeness (QED) is 0.255. The lowest BCUT2D eigenvalue weighted by Crippen LogP contribution is -2.58. The summed E-state index contributed by atoms with van der Waals surface area (Å²) in [5.41, 5.74) is 1.44. The van der Waals surface area contributed by atoms with E-state index in [-0.39, 0.29) is 35.2 Å². The third-order valence-corrected chi connectivity index (χ3v) is 11.4. The van der Waals surface area contributed by atoms with Crippen molar-refractivity contribution in [2.75, 3.05) is 6.61 Å². The second kappa shape index (κ2) is 9.14. The molecule has 37 heavy (non-hydrogen) atoms. The van der Waals surface area contributed by atoms with Gasteiger partial charge in [0.1, 0.15) is 24.9 Å². The Bertz CT molecular complexity index is 979. The van der Waals surface area contributed by atoms with Gasteiger partial charge in [0.2, 0.25) is 0 Å². The molecule has 5 fully saturated rings. The zero-order chi connectivity index (χ0) is 26.3. The molecule has 0 aromatic heterocycles. The van der Waals surface area contributed by atoms with Crippen LogP contribution in [-0.4, -0.2) is 75.4 Å². The molecule has 0 aromatic rings. The Balaban J connectivity index is 1.15. The van der Waals surface area contributed by atoms with Crippen molar-refractivity contribution in [2.24, 2.45) is 35.0 Å². The molecule has 2 aliphatic heterocycles. The van der Waals surface area contributed by atoms with Crippen LogP contribution in [0.3, 0.4) is 0 Å². The minimum atomic E-state index is -1.29. The number of hydrogen-bond donors (Lipinski definition) is 4. The van der Waals surface area contributed by atoms with Crippen molar-refractivity contribution < 1.29 is 39.4 Å². The van der Waals surface area contributed by atoms with Gasteiger partial charge in [0.15, 0.2) is 6.29 Å². The molecule has 13 atom stereocenters. The molecule has 206 valence electrons. The number of aliphatic hydroxyl groups excluding tert-OH is 3. The second-order valence-electron chi connectivity index (χ2n) is 13.0. The summed E-state index contributed by atoms with van der Waals surface area (Å²) in [6.45, 7) is 8.89. The van der Waals surface area contributed by atoms with E-state index in [1.807, 2.05) is 0 Å². The Morgan fingerprint density at radius 3 is 2.54 bits per heavy atom. The van der Waals surface area contributed by atoms with E-state index in [1.165, 1.54) is 0 Å². The molecular formula is C29H42O8. The van der Waals surface area contributed by atoms with Crippen LogP contribution in [0.2, 0.25) is 0 Å². The van der Waals surface area contributed by atoms with E-state index in [9.17, 15) is 25.2 Å². The zero-order valence-corrected chi connectivity index (χ0v) is 21.9. The van der Waals surface area contributed by atoms with E-state index < -0.39 is 36.3 Å². The summed E-state index contributed by atoms with van der Waals surface area (Å²) < 4.78 is 17.1. The average Bonchev–Trinajstić information content (AvgIpc) is 3.43. The van der Waals surface area contributed by atoms with Crippen LogP contribution in [0.4, 0.5) is 0 Å². The Kier molecular flexibility index (Phi) is 6.41. The predicted molar refractivity (Wildman–Crippen MR) is 133 cm³/mol. The van der Waals surface area contributed by atoms with E-state index >= 15 is 0 Å².